The molecule has 0 spiro atoms. The first-order valence-electron chi connectivity index (χ1n) is 5.64. The van der Waals surface area contributed by atoms with E-state index >= 15 is 0 Å². The molecule has 2 rings (SSSR count). The first-order valence-corrected chi connectivity index (χ1v) is 5.64. The maximum absolute atomic E-state index is 9.42. The highest BCUT2D eigenvalue weighted by Gasteiger charge is 2.22. The van der Waals surface area contributed by atoms with Crippen LogP contribution in [0.3, 0.4) is 0 Å². The van der Waals surface area contributed by atoms with Gasteiger partial charge in [-0.15, -0.1) is 0 Å². The summed E-state index contributed by atoms with van der Waals surface area (Å²) in [6.45, 7) is 5.95. The van der Waals surface area contributed by atoms with Crippen LogP contribution in [0.25, 0.3) is 5.78 Å². The number of hydrogen-bond acceptors (Lipinski definition) is 5. The van der Waals surface area contributed by atoms with Gasteiger partial charge < -0.3 is 10.4 Å². The predicted molar refractivity (Wildman–Crippen MR) is 64.9 cm³/mol. The third-order valence-corrected chi connectivity index (χ3v) is 2.94. The Morgan fingerprint density at radius 2 is 2.29 bits per heavy atom. The average molecular weight is 235 g/mol. The average Bonchev–Trinajstić information content (AvgIpc) is 2.77. The summed E-state index contributed by atoms with van der Waals surface area (Å²) in [5.74, 6) is 1.35. The number of hydrogen-bond donors (Lipinski definition) is 2. The number of aliphatic hydroxyl groups is 1. The second-order valence-electron chi connectivity index (χ2n) is 4.45. The Labute approximate surface area is 99.7 Å². The van der Waals surface area contributed by atoms with Crippen molar-refractivity contribution in [2.75, 3.05) is 11.9 Å². The van der Waals surface area contributed by atoms with Crippen molar-refractivity contribution in [3.8, 4) is 0 Å². The number of rotatable bonds is 4. The zero-order valence-corrected chi connectivity index (χ0v) is 10.3. The molecule has 17 heavy (non-hydrogen) atoms. The van der Waals surface area contributed by atoms with Gasteiger partial charge in [0.15, 0.2) is 0 Å². The molecule has 2 N–H and O–H groups in total. The van der Waals surface area contributed by atoms with Crippen molar-refractivity contribution in [3.05, 3.63) is 18.1 Å². The van der Waals surface area contributed by atoms with E-state index < -0.39 is 0 Å². The third kappa shape index (κ3) is 2.21. The van der Waals surface area contributed by atoms with Gasteiger partial charge >= 0.3 is 0 Å². The van der Waals surface area contributed by atoms with Crippen LogP contribution in [0.1, 0.15) is 26.0 Å². The molecule has 2 heterocycles. The number of nitrogens with one attached hydrogen (secondary N) is 1. The minimum Gasteiger partial charge on any atom is -0.394 e. The second-order valence-corrected chi connectivity index (χ2v) is 4.45. The second kappa shape index (κ2) is 4.29. The van der Waals surface area contributed by atoms with E-state index in [4.69, 9.17) is 0 Å². The van der Waals surface area contributed by atoms with E-state index in [-0.39, 0.29) is 12.1 Å². The van der Waals surface area contributed by atoms with Crippen molar-refractivity contribution < 1.29 is 5.11 Å². The zero-order valence-electron chi connectivity index (χ0n) is 10.3. The van der Waals surface area contributed by atoms with E-state index in [2.05, 4.69) is 20.4 Å². The Morgan fingerprint density at radius 3 is 2.94 bits per heavy atom. The summed E-state index contributed by atoms with van der Waals surface area (Å²) < 4.78 is 1.64. The van der Waals surface area contributed by atoms with Crippen LogP contribution in [0.5, 0.6) is 0 Å². The van der Waals surface area contributed by atoms with Crippen molar-refractivity contribution in [3.63, 3.8) is 0 Å². The molecule has 0 radical (unpaired) electrons. The minimum atomic E-state index is -0.368. The predicted octanol–water partition coefficient (Wildman–Crippen LogP) is 1.01. The molecule has 0 aliphatic heterocycles. The molecule has 6 heteroatoms. The molecule has 0 saturated carbocycles. The molecule has 0 aromatic carbocycles. The van der Waals surface area contributed by atoms with Crippen LogP contribution < -0.4 is 5.32 Å². The van der Waals surface area contributed by atoms with E-state index in [1.807, 2.05) is 26.8 Å². The van der Waals surface area contributed by atoms with E-state index in [0.29, 0.717) is 5.78 Å². The van der Waals surface area contributed by atoms with Gasteiger partial charge in [-0.05, 0) is 20.3 Å². The largest absolute Gasteiger partial charge is 0.394 e. The van der Waals surface area contributed by atoms with Gasteiger partial charge in [-0.25, -0.2) is 4.98 Å². The van der Waals surface area contributed by atoms with Crippen molar-refractivity contribution in [2.24, 2.45) is 0 Å². The van der Waals surface area contributed by atoms with E-state index in [1.165, 1.54) is 6.33 Å². The van der Waals surface area contributed by atoms with E-state index in [1.54, 1.807) is 4.52 Å². The molecule has 2 aromatic rings. The lowest BCUT2D eigenvalue weighted by Gasteiger charge is -2.28. The molecule has 1 atom stereocenters. The summed E-state index contributed by atoms with van der Waals surface area (Å²) in [5.41, 5.74) is 0.497. The molecule has 2 aromatic heterocycles. The fourth-order valence-electron chi connectivity index (χ4n) is 1.57. The van der Waals surface area contributed by atoms with Crippen LogP contribution in [-0.4, -0.2) is 36.8 Å². The summed E-state index contributed by atoms with van der Waals surface area (Å²) in [5, 5.41) is 16.8. The fourth-order valence-corrected chi connectivity index (χ4v) is 1.57. The topological polar surface area (TPSA) is 75.3 Å². The van der Waals surface area contributed by atoms with E-state index in [9.17, 15) is 5.11 Å². The van der Waals surface area contributed by atoms with Crippen molar-refractivity contribution in [1.82, 2.24) is 19.6 Å². The number of aliphatic hydroxyl groups excluding tert-OH is 1. The Morgan fingerprint density at radius 1 is 1.53 bits per heavy atom. The Kier molecular flexibility index (Phi) is 2.97. The molecule has 92 valence electrons. The van der Waals surface area contributed by atoms with Gasteiger partial charge in [-0.3, -0.25) is 0 Å². The van der Waals surface area contributed by atoms with Crippen LogP contribution in [0.2, 0.25) is 0 Å². The number of fused-ring (bicyclic) bond motifs is 1. The van der Waals surface area contributed by atoms with Gasteiger partial charge in [0.25, 0.3) is 5.78 Å². The Bertz CT molecular complexity index is 518. The molecular weight excluding hydrogens is 218 g/mol. The molecule has 0 bridgehead atoms. The smallest absolute Gasteiger partial charge is 0.254 e. The number of anilines is 1. The SMILES string of the molecule is CCC(C)(CO)Nc1cc(C)nc2ncnn12. The Balaban J connectivity index is 2.44. The molecule has 0 amide bonds. The molecule has 0 aliphatic rings. The van der Waals surface area contributed by atoms with Gasteiger partial charge in [0, 0.05) is 11.8 Å². The standard InChI is InChI=1S/C11H17N5O/c1-4-11(3,6-17)15-9-5-8(2)14-10-12-7-13-16(9)10/h5,7,15,17H,4,6H2,1-3H3. The zero-order chi connectivity index (χ0) is 12.5. The first-order chi connectivity index (χ1) is 8.08. The lowest BCUT2D eigenvalue weighted by molar-refractivity contribution is 0.218. The van der Waals surface area contributed by atoms with E-state index in [0.717, 1.165) is 17.9 Å². The van der Waals surface area contributed by atoms with Gasteiger partial charge in [0.2, 0.25) is 0 Å². The normalized spacial score (nSPS) is 14.8. The van der Waals surface area contributed by atoms with Gasteiger partial charge in [-0.1, -0.05) is 6.92 Å². The molecule has 0 aliphatic carbocycles. The molecule has 6 nitrogen and oxygen atoms in total. The summed E-state index contributed by atoms with van der Waals surface area (Å²) in [4.78, 5) is 8.32. The fraction of sp³-hybridized carbons (Fsp3) is 0.545. The molecular formula is C11H17N5O. The maximum Gasteiger partial charge on any atom is 0.254 e. The van der Waals surface area contributed by atoms with Crippen molar-refractivity contribution >= 4 is 11.6 Å². The highest BCUT2D eigenvalue weighted by atomic mass is 16.3. The van der Waals surface area contributed by atoms with Gasteiger partial charge in [-0.2, -0.15) is 14.6 Å². The quantitative estimate of drug-likeness (QED) is 0.827. The third-order valence-electron chi connectivity index (χ3n) is 2.94. The number of aromatic nitrogens is 4. The monoisotopic (exact) mass is 235 g/mol. The summed E-state index contributed by atoms with van der Waals surface area (Å²) in [7, 11) is 0. The molecule has 0 saturated heterocycles. The van der Waals surface area contributed by atoms with Gasteiger partial charge in [0.05, 0.1) is 12.1 Å². The van der Waals surface area contributed by atoms with Crippen LogP contribution >= 0.6 is 0 Å². The van der Waals surface area contributed by atoms with Gasteiger partial charge in [0.1, 0.15) is 12.1 Å². The number of aryl methyl sites for hydroxylation is 1. The minimum absolute atomic E-state index is 0.0566. The van der Waals surface area contributed by atoms with Crippen LogP contribution in [0, 0.1) is 6.92 Å². The number of nitrogens with zero attached hydrogens (tertiary/aromatic N) is 4. The summed E-state index contributed by atoms with van der Waals surface area (Å²) in [6, 6.07) is 1.89. The highest BCUT2D eigenvalue weighted by molar-refractivity contribution is 5.46. The maximum atomic E-state index is 9.42. The Hall–Kier alpha value is -1.69. The van der Waals surface area contributed by atoms with Crippen LogP contribution in [0.15, 0.2) is 12.4 Å². The lowest BCUT2D eigenvalue weighted by Crippen LogP contribution is -2.38. The lowest BCUT2D eigenvalue weighted by atomic mass is 10.0. The molecule has 1 unspecified atom stereocenters. The van der Waals surface area contributed by atoms with Crippen LogP contribution in [0.4, 0.5) is 5.82 Å². The molecule has 0 fully saturated rings. The van der Waals surface area contributed by atoms with Crippen molar-refractivity contribution in [1.29, 1.82) is 0 Å². The van der Waals surface area contributed by atoms with Crippen LogP contribution in [-0.2, 0) is 0 Å². The van der Waals surface area contributed by atoms with Crippen molar-refractivity contribution in [2.45, 2.75) is 32.7 Å². The first kappa shape index (κ1) is 11.8. The highest BCUT2D eigenvalue weighted by Crippen LogP contribution is 2.18. The summed E-state index contributed by atoms with van der Waals surface area (Å²) >= 11 is 0. The summed E-state index contributed by atoms with van der Waals surface area (Å²) in [6.07, 6.45) is 2.27.